The molecule has 0 spiro atoms. The molecule has 3 N–H and O–H groups in total. The van der Waals surface area contributed by atoms with E-state index in [9.17, 15) is 4.79 Å². The smallest absolute Gasteiger partial charge is 0.244 e. The molecule has 2 rings (SSSR count). The fourth-order valence-electron chi connectivity index (χ4n) is 1.28. The molecule has 0 fully saturated rings. The Morgan fingerprint density at radius 2 is 1.88 bits per heavy atom. The van der Waals surface area contributed by atoms with Gasteiger partial charge in [-0.3, -0.25) is 4.79 Å². The molecule has 1 aromatic heterocycles. The first-order chi connectivity index (χ1) is 7.99. The molecule has 0 atom stereocenters. The monoisotopic (exact) mass is 231 g/mol. The van der Waals surface area contributed by atoms with Gasteiger partial charge in [-0.05, 0) is 26.0 Å². The van der Waals surface area contributed by atoms with Crippen LogP contribution >= 0.6 is 0 Å². The summed E-state index contributed by atoms with van der Waals surface area (Å²) >= 11 is 0. The van der Waals surface area contributed by atoms with Crippen LogP contribution in [0.15, 0.2) is 24.3 Å². The quantitative estimate of drug-likeness (QED) is 0.811. The average molecular weight is 231 g/mol. The molecular formula is C11H13N5O. The summed E-state index contributed by atoms with van der Waals surface area (Å²) in [6.07, 6.45) is 0. The van der Waals surface area contributed by atoms with Crippen molar-refractivity contribution in [2.45, 2.75) is 19.4 Å². The maximum absolute atomic E-state index is 11.2. The Bertz CT molecular complexity index is 567. The lowest BCUT2D eigenvalue weighted by molar-refractivity contribution is -0.121. The van der Waals surface area contributed by atoms with Crippen LogP contribution in [-0.2, 0) is 4.79 Å². The van der Waals surface area contributed by atoms with Crippen LogP contribution in [0.25, 0.3) is 11.0 Å². The van der Waals surface area contributed by atoms with Crippen LogP contribution in [0.3, 0.4) is 0 Å². The van der Waals surface area contributed by atoms with Crippen LogP contribution in [0.5, 0.6) is 0 Å². The molecule has 88 valence electrons. The van der Waals surface area contributed by atoms with Crippen molar-refractivity contribution in [3.05, 3.63) is 24.3 Å². The number of primary amides is 1. The van der Waals surface area contributed by atoms with Crippen LogP contribution in [0, 0.1) is 0 Å². The van der Waals surface area contributed by atoms with Gasteiger partial charge < -0.3 is 11.1 Å². The lowest BCUT2D eigenvalue weighted by atomic mass is 10.1. The van der Waals surface area contributed by atoms with Crippen molar-refractivity contribution in [3.8, 4) is 0 Å². The number of nitrogens with zero attached hydrogens (tertiary/aromatic N) is 3. The summed E-state index contributed by atoms with van der Waals surface area (Å²) in [6, 6.07) is 7.37. The summed E-state index contributed by atoms with van der Waals surface area (Å²) in [7, 11) is 0. The van der Waals surface area contributed by atoms with E-state index in [0.29, 0.717) is 11.0 Å². The molecule has 1 aromatic carbocycles. The summed E-state index contributed by atoms with van der Waals surface area (Å²) in [4.78, 5) is 15.4. The van der Waals surface area contributed by atoms with Gasteiger partial charge in [-0.15, -0.1) is 10.2 Å². The van der Waals surface area contributed by atoms with Crippen LogP contribution in [0.2, 0.25) is 0 Å². The Labute approximate surface area is 98.3 Å². The lowest BCUT2D eigenvalue weighted by Crippen LogP contribution is -2.45. The van der Waals surface area contributed by atoms with E-state index in [1.807, 2.05) is 24.3 Å². The van der Waals surface area contributed by atoms with Gasteiger partial charge >= 0.3 is 0 Å². The van der Waals surface area contributed by atoms with Gasteiger partial charge in [-0.1, -0.05) is 12.1 Å². The Kier molecular flexibility index (Phi) is 2.63. The van der Waals surface area contributed by atoms with Gasteiger partial charge in [0, 0.05) is 0 Å². The zero-order valence-corrected chi connectivity index (χ0v) is 9.64. The van der Waals surface area contributed by atoms with E-state index in [2.05, 4.69) is 20.5 Å². The van der Waals surface area contributed by atoms with E-state index >= 15 is 0 Å². The largest absolute Gasteiger partial charge is 0.368 e. The molecular weight excluding hydrogens is 218 g/mol. The highest BCUT2D eigenvalue weighted by Gasteiger charge is 2.25. The first-order valence-electron chi connectivity index (χ1n) is 5.16. The molecule has 0 radical (unpaired) electrons. The Morgan fingerprint density at radius 1 is 1.24 bits per heavy atom. The van der Waals surface area contributed by atoms with E-state index in [4.69, 9.17) is 5.73 Å². The van der Waals surface area contributed by atoms with Crippen molar-refractivity contribution in [3.63, 3.8) is 0 Å². The molecule has 0 bridgehead atoms. The number of benzene rings is 1. The highest BCUT2D eigenvalue weighted by molar-refractivity contribution is 5.86. The van der Waals surface area contributed by atoms with Gasteiger partial charge in [0.1, 0.15) is 11.1 Å². The molecule has 0 saturated heterocycles. The van der Waals surface area contributed by atoms with Gasteiger partial charge in [0.05, 0.1) is 5.52 Å². The lowest BCUT2D eigenvalue weighted by Gasteiger charge is -2.21. The number of amides is 1. The van der Waals surface area contributed by atoms with E-state index in [-0.39, 0.29) is 5.95 Å². The molecule has 0 unspecified atom stereocenters. The minimum Gasteiger partial charge on any atom is -0.368 e. The van der Waals surface area contributed by atoms with Crippen molar-refractivity contribution in [1.29, 1.82) is 0 Å². The molecule has 0 aliphatic heterocycles. The van der Waals surface area contributed by atoms with Crippen LogP contribution in [-0.4, -0.2) is 26.6 Å². The van der Waals surface area contributed by atoms with Crippen molar-refractivity contribution < 1.29 is 4.79 Å². The van der Waals surface area contributed by atoms with Gasteiger partial charge in [-0.25, -0.2) is 4.98 Å². The SMILES string of the molecule is CC(C)(Nc1nnc2ccccc2n1)C(N)=O. The maximum atomic E-state index is 11.2. The average Bonchev–Trinajstić information content (AvgIpc) is 2.28. The van der Waals surface area contributed by atoms with Gasteiger partial charge in [0.25, 0.3) is 0 Å². The fraction of sp³-hybridized carbons (Fsp3) is 0.273. The van der Waals surface area contributed by atoms with E-state index in [0.717, 1.165) is 0 Å². The molecule has 6 heteroatoms. The summed E-state index contributed by atoms with van der Waals surface area (Å²) in [5.74, 6) is -0.193. The number of carbonyl (C=O) groups is 1. The molecule has 1 amide bonds. The molecule has 0 saturated carbocycles. The predicted octanol–water partition coefficient (Wildman–Crippen LogP) is 0.701. The molecule has 0 aliphatic rings. The summed E-state index contributed by atoms with van der Waals surface area (Å²) < 4.78 is 0. The standard InChI is InChI=1S/C11H13N5O/c1-11(2,9(12)17)14-10-13-7-5-3-4-6-8(7)15-16-10/h3-6H,1-2H3,(H2,12,17)(H,13,14,16). The van der Waals surface area contributed by atoms with Crippen molar-refractivity contribution in [1.82, 2.24) is 15.2 Å². The topological polar surface area (TPSA) is 93.8 Å². The Balaban J connectivity index is 2.34. The number of para-hydroxylation sites is 1. The molecule has 17 heavy (non-hydrogen) atoms. The van der Waals surface area contributed by atoms with Crippen LogP contribution < -0.4 is 11.1 Å². The second-order valence-electron chi connectivity index (χ2n) is 4.24. The molecule has 1 heterocycles. The predicted molar refractivity (Wildman–Crippen MR) is 64.2 cm³/mol. The second kappa shape index (κ2) is 3.97. The van der Waals surface area contributed by atoms with Crippen molar-refractivity contribution >= 4 is 22.9 Å². The number of hydrogen-bond donors (Lipinski definition) is 2. The highest BCUT2D eigenvalue weighted by Crippen LogP contribution is 2.13. The number of nitrogens with two attached hydrogens (primary N) is 1. The van der Waals surface area contributed by atoms with E-state index < -0.39 is 11.4 Å². The number of rotatable bonds is 3. The van der Waals surface area contributed by atoms with Gasteiger partial charge in [0.15, 0.2) is 0 Å². The first-order valence-corrected chi connectivity index (χ1v) is 5.16. The maximum Gasteiger partial charge on any atom is 0.244 e. The third-order valence-corrected chi connectivity index (χ3v) is 2.40. The highest BCUT2D eigenvalue weighted by atomic mass is 16.1. The van der Waals surface area contributed by atoms with E-state index in [1.165, 1.54) is 0 Å². The Hall–Kier alpha value is -2.24. The van der Waals surface area contributed by atoms with E-state index in [1.54, 1.807) is 13.8 Å². The zero-order chi connectivity index (χ0) is 12.5. The normalized spacial score (nSPS) is 11.4. The third kappa shape index (κ3) is 2.30. The number of fused-ring (bicyclic) bond motifs is 1. The first kappa shape index (κ1) is 11.3. The van der Waals surface area contributed by atoms with Gasteiger partial charge in [-0.2, -0.15) is 0 Å². The van der Waals surface area contributed by atoms with Crippen molar-refractivity contribution in [2.75, 3.05) is 5.32 Å². The zero-order valence-electron chi connectivity index (χ0n) is 9.64. The van der Waals surface area contributed by atoms with Crippen LogP contribution in [0.4, 0.5) is 5.95 Å². The number of aromatic nitrogens is 3. The Morgan fingerprint density at radius 3 is 2.53 bits per heavy atom. The van der Waals surface area contributed by atoms with Crippen LogP contribution in [0.1, 0.15) is 13.8 Å². The molecule has 2 aromatic rings. The summed E-state index contributed by atoms with van der Waals surface area (Å²) in [5.41, 5.74) is 5.76. The number of nitrogens with one attached hydrogen (secondary N) is 1. The fourth-order valence-corrected chi connectivity index (χ4v) is 1.28. The summed E-state index contributed by atoms with van der Waals surface area (Å²) in [5, 5.41) is 10.7. The minimum atomic E-state index is -0.913. The minimum absolute atomic E-state index is 0.285. The van der Waals surface area contributed by atoms with Crippen molar-refractivity contribution in [2.24, 2.45) is 5.73 Å². The number of carbonyl (C=O) groups excluding carboxylic acids is 1. The number of anilines is 1. The van der Waals surface area contributed by atoms with Gasteiger partial charge in [0.2, 0.25) is 11.9 Å². The number of hydrogen-bond acceptors (Lipinski definition) is 5. The molecule has 0 aliphatic carbocycles. The summed E-state index contributed by atoms with van der Waals surface area (Å²) in [6.45, 7) is 3.32. The third-order valence-electron chi connectivity index (χ3n) is 2.40. The molecule has 6 nitrogen and oxygen atoms in total. The second-order valence-corrected chi connectivity index (χ2v) is 4.24.